The summed E-state index contributed by atoms with van der Waals surface area (Å²) in [6.07, 6.45) is 1.62. The van der Waals surface area contributed by atoms with Crippen molar-refractivity contribution in [3.05, 3.63) is 10.0 Å². The van der Waals surface area contributed by atoms with Crippen LogP contribution in [0, 0.1) is 3.70 Å². The highest BCUT2D eigenvalue weighted by molar-refractivity contribution is 14.1. The van der Waals surface area contributed by atoms with Gasteiger partial charge in [-0.1, -0.05) is 83.1 Å². The van der Waals surface area contributed by atoms with E-state index in [-0.39, 0.29) is 18.4 Å². The van der Waals surface area contributed by atoms with Crippen molar-refractivity contribution < 1.29 is 13.6 Å². The standard InChI is InChI=1S/C28H52IN5O3Si2/c1-16(2)38(17(3)4,18(5)6)35-14-23-22(37-39(19(7)8,20(9)10)21(11)12)13-24(36-23)34-28-25(26(29)33-34)27(30)31-15-32-28/h15-24H,13-14H2,1-12H3,(H2,30,31,32)/t22-,23+,24+/m0/s1. The Balaban J connectivity index is 2.03. The molecule has 0 unspecified atom stereocenters. The maximum absolute atomic E-state index is 7.39. The van der Waals surface area contributed by atoms with Crippen molar-refractivity contribution in [2.75, 3.05) is 12.3 Å². The lowest BCUT2D eigenvalue weighted by Crippen LogP contribution is -2.53. The molecule has 3 rings (SSSR count). The van der Waals surface area contributed by atoms with Crippen LogP contribution in [-0.4, -0.2) is 55.2 Å². The zero-order chi connectivity index (χ0) is 29.4. The van der Waals surface area contributed by atoms with Gasteiger partial charge in [0.15, 0.2) is 20.2 Å². The summed E-state index contributed by atoms with van der Waals surface area (Å²) < 4.78 is 24.0. The fourth-order valence-corrected chi connectivity index (χ4v) is 19.5. The number of ether oxygens (including phenoxy) is 1. The first-order valence-corrected chi connectivity index (χ1v) is 20.1. The topological polar surface area (TPSA) is 97.3 Å². The number of nitrogens with two attached hydrogens (primary N) is 1. The molecule has 0 radical (unpaired) electrons. The van der Waals surface area contributed by atoms with E-state index in [1.165, 1.54) is 6.33 Å². The van der Waals surface area contributed by atoms with Gasteiger partial charge in [0, 0.05) is 6.42 Å². The quantitative estimate of drug-likeness (QED) is 0.178. The highest BCUT2D eigenvalue weighted by Crippen LogP contribution is 2.47. The van der Waals surface area contributed by atoms with Crippen LogP contribution in [0.2, 0.25) is 33.2 Å². The van der Waals surface area contributed by atoms with Crippen molar-refractivity contribution in [1.29, 1.82) is 0 Å². The number of halogens is 1. The van der Waals surface area contributed by atoms with Gasteiger partial charge < -0.3 is 19.3 Å². The molecule has 222 valence electrons. The molecule has 0 spiro atoms. The molecule has 0 amide bonds. The second kappa shape index (κ2) is 12.7. The van der Waals surface area contributed by atoms with Gasteiger partial charge in [-0.15, -0.1) is 0 Å². The Morgan fingerprint density at radius 2 is 1.41 bits per heavy atom. The normalized spacial score (nSPS) is 21.3. The van der Waals surface area contributed by atoms with E-state index in [1.807, 2.05) is 4.68 Å². The van der Waals surface area contributed by atoms with E-state index < -0.39 is 16.6 Å². The molecule has 0 bridgehead atoms. The number of nitrogen functional groups attached to an aromatic ring is 1. The zero-order valence-corrected chi connectivity index (χ0v) is 30.3. The molecule has 2 N–H and O–H groups in total. The third-order valence-electron chi connectivity index (χ3n) is 9.20. The summed E-state index contributed by atoms with van der Waals surface area (Å²) in [6.45, 7) is 28.5. The first-order chi connectivity index (χ1) is 18.1. The molecular weight excluding hydrogens is 637 g/mol. The lowest BCUT2D eigenvalue weighted by Gasteiger charge is -2.45. The van der Waals surface area contributed by atoms with Crippen LogP contribution < -0.4 is 5.73 Å². The highest BCUT2D eigenvalue weighted by atomic mass is 127. The molecule has 1 aliphatic rings. The van der Waals surface area contributed by atoms with Crippen LogP contribution >= 0.6 is 22.6 Å². The lowest BCUT2D eigenvalue weighted by atomic mass is 10.2. The predicted octanol–water partition coefficient (Wildman–Crippen LogP) is 8.05. The van der Waals surface area contributed by atoms with E-state index in [9.17, 15) is 0 Å². The van der Waals surface area contributed by atoms with E-state index in [0.29, 0.717) is 57.7 Å². The van der Waals surface area contributed by atoms with E-state index in [1.54, 1.807) is 0 Å². The molecule has 3 atom stereocenters. The summed E-state index contributed by atoms with van der Waals surface area (Å²) in [5.41, 5.74) is 9.84. The number of hydrogen-bond acceptors (Lipinski definition) is 7. The van der Waals surface area contributed by atoms with Gasteiger partial charge in [-0.25, -0.2) is 14.6 Å². The Bertz CT molecular complexity index is 1060. The fraction of sp³-hybridized carbons (Fsp3) is 0.821. The van der Waals surface area contributed by atoms with Gasteiger partial charge in [0.2, 0.25) is 8.32 Å². The van der Waals surface area contributed by atoms with Crippen molar-refractivity contribution in [3.8, 4) is 0 Å². The summed E-state index contributed by atoms with van der Waals surface area (Å²) in [7, 11) is -4.25. The monoisotopic (exact) mass is 689 g/mol. The molecule has 2 aromatic rings. The first kappa shape index (κ1) is 32.9. The van der Waals surface area contributed by atoms with Crippen molar-refractivity contribution >= 4 is 56.1 Å². The van der Waals surface area contributed by atoms with Crippen LogP contribution in [0.4, 0.5) is 5.82 Å². The molecule has 0 aromatic carbocycles. The molecule has 39 heavy (non-hydrogen) atoms. The summed E-state index contributed by atoms with van der Waals surface area (Å²) in [5.74, 6) is 0.439. The molecule has 1 fully saturated rings. The maximum Gasteiger partial charge on any atom is 0.200 e. The molecule has 0 aliphatic carbocycles. The zero-order valence-electron chi connectivity index (χ0n) is 26.2. The van der Waals surface area contributed by atoms with E-state index in [0.717, 1.165) is 9.09 Å². The van der Waals surface area contributed by atoms with Crippen LogP contribution in [0.1, 0.15) is 95.7 Å². The van der Waals surface area contributed by atoms with Gasteiger partial charge in [0.1, 0.15) is 21.9 Å². The van der Waals surface area contributed by atoms with E-state index >= 15 is 0 Å². The largest absolute Gasteiger partial charge is 0.413 e. The Labute approximate surface area is 251 Å². The van der Waals surface area contributed by atoms with Crippen LogP contribution in [0.3, 0.4) is 0 Å². The number of rotatable bonds is 12. The van der Waals surface area contributed by atoms with Crippen molar-refractivity contribution in [2.24, 2.45) is 0 Å². The molecule has 0 saturated carbocycles. The van der Waals surface area contributed by atoms with Crippen LogP contribution in [0.5, 0.6) is 0 Å². The second-order valence-corrected chi connectivity index (χ2v) is 25.0. The minimum absolute atomic E-state index is 0.0804. The van der Waals surface area contributed by atoms with Gasteiger partial charge in [-0.3, -0.25) is 0 Å². The minimum Gasteiger partial charge on any atom is -0.413 e. The van der Waals surface area contributed by atoms with Crippen molar-refractivity contribution in [2.45, 2.75) is 141 Å². The van der Waals surface area contributed by atoms with Crippen LogP contribution in [0.15, 0.2) is 6.33 Å². The number of hydrogen-bond donors (Lipinski definition) is 1. The number of nitrogens with zero attached hydrogens (tertiary/aromatic N) is 4. The molecule has 1 saturated heterocycles. The molecule has 1 aliphatic heterocycles. The van der Waals surface area contributed by atoms with Crippen molar-refractivity contribution in [1.82, 2.24) is 19.7 Å². The van der Waals surface area contributed by atoms with Gasteiger partial charge in [0.25, 0.3) is 0 Å². The lowest BCUT2D eigenvalue weighted by molar-refractivity contribution is -0.0436. The Morgan fingerprint density at radius 3 is 1.90 bits per heavy atom. The molecule has 11 heteroatoms. The fourth-order valence-electron chi connectivity index (χ4n) is 7.67. The van der Waals surface area contributed by atoms with Gasteiger partial charge in [-0.2, -0.15) is 5.10 Å². The minimum atomic E-state index is -2.16. The molecule has 3 heterocycles. The summed E-state index contributed by atoms with van der Waals surface area (Å²) >= 11 is 2.21. The van der Waals surface area contributed by atoms with Crippen LogP contribution in [-0.2, 0) is 13.6 Å². The predicted molar refractivity (Wildman–Crippen MR) is 174 cm³/mol. The van der Waals surface area contributed by atoms with E-state index in [4.69, 9.17) is 24.4 Å². The van der Waals surface area contributed by atoms with Crippen LogP contribution in [0.25, 0.3) is 11.0 Å². The Hall–Kier alpha value is -0.606. The summed E-state index contributed by atoms with van der Waals surface area (Å²) in [4.78, 5) is 8.72. The molecule has 8 nitrogen and oxygen atoms in total. The van der Waals surface area contributed by atoms with E-state index in [2.05, 4.69) is 116 Å². The third kappa shape index (κ3) is 6.00. The average Bonchev–Trinajstić information content (AvgIpc) is 3.37. The SMILES string of the molecule is CC(C)[Si](OC[C@H]1O[C@@H](n2nc(I)c3c(N)ncnc32)C[C@@H]1O[Si](C(C)C)(C(C)C)C(C)C)(C(C)C)C(C)C. The smallest absolute Gasteiger partial charge is 0.200 e. The van der Waals surface area contributed by atoms with Gasteiger partial charge in [-0.05, 0) is 55.8 Å². The third-order valence-corrected chi connectivity index (χ3v) is 22.2. The first-order valence-electron chi connectivity index (χ1n) is 14.7. The maximum atomic E-state index is 7.39. The number of anilines is 1. The summed E-state index contributed by atoms with van der Waals surface area (Å²) in [6, 6.07) is 0. The van der Waals surface area contributed by atoms with Gasteiger partial charge >= 0.3 is 0 Å². The molecule has 2 aromatic heterocycles. The number of aromatic nitrogens is 4. The Kier molecular flexibility index (Phi) is 10.7. The van der Waals surface area contributed by atoms with Gasteiger partial charge in [0.05, 0.1) is 18.1 Å². The van der Waals surface area contributed by atoms with Crippen molar-refractivity contribution in [3.63, 3.8) is 0 Å². The average molecular weight is 690 g/mol. The highest BCUT2D eigenvalue weighted by Gasteiger charge is 2.52. The number of fused-ring (bicyclic) bond motifs is 1. The molecular formula is C28H52IN5O3Si2. The second-order valence-electron chi connectivity index (χ2n) is 13.2. The summed E-state index contributed by atoms with van der Waals surface area (Å²) in [5, 5.41) is 5.59. The Morgan fingerprint density at radius 1 is 0.897 bits per heavy atom.